The van der Waals surface area contributed by atoms with E-state index in [9.17, 15) is 59.0 Å². The first kappa shape index (κ1) is 77.1. The fraction of sp³-hybridized carbons (Fsp3) is 0.247. The van der Waals surface area contributed by atoms with E-state index in [1.165, 1.54) is 59.0 Å². The lowest BCUT2D eigenvalue weighted by molar-refractivity contribution is -0.141. The maximum absolute atomic E-state index is 15.0. The molecule has 13 aromatic heterocycles. The molecule has 0 saturated carbocycles. The van der Waals surface area contributed by atoms with Gasteiger partial charge in [0.15, 0.2) is 5.82 Å². The van der Waals surface area contributed by atoms with Gasteiger partial charge in [-0.25, -0.2) is 19.3 Å². The number of alkyl halides is 9. The summed E-state index contributed by atoms with van der Waals surface area (Å²) in [6.07, 6.45) is -7.68. The van der Waals surface area contributed by atoms with Gasteiger partial charge in [0.2, 0.25) is 0 Å². The van der Waals surface area contributed by atoms with Crippen molar-refractivity contribution >= 4 is 118 Å². The topological polar surface area (TPSA) is 430 Å². The number of nitrogens with one attached hydrogen (secondary N) is 11. The number of rotatable bonds is 17. The Morgan fingerprint density at radius 3 is 1.86 bits per heavy atom. The summed E-state index contributed by atoms with van der Waals surface area (Å²) in [5.74, 6) is -1.47. The third-order valence-electron chi connectivity index (χ3n) is 24.0. The van der Waals surface area contributed by atoms with Crippen LogP contribution in [0, 0.1) is 12.7 Å². The third kappa shape index (κ3) is 17.1. The molecule has 5 aliphatic rings. The maximum Gasteiger partial charge on any atom is 0.433 e. The van der Waals surface area contributed by atoms with Crippen LogP contribution in [0.3, 0.4) is 0 Å². The number of aromatic amines is 9. The molecule has 31 nitrogen and oxygen atoms in total. The molecule has 1 atom stereocenters. The van der Waals surface area contributed by atoms with Crippen LogP contribution in [0.2, 0.25) is 0 Å². The summed E-state index contributed by atoms with van der Waals surface area (Å²) in [6.45, 7) is 9.88. The molecule has 15 heterocycles. The molecule has 0 fully saturated rings. The predicted molar refractivity (Wildman–Crippen MR) is 497 cm³/mol. The molecule has 0 saturated heterocycles. The summed E-state index contributed by atoms with van der Waals surface area (Å²) in [4.78, 5) is 55.1. The first-order chi connectivity index (χ1) is 71.3. The van der Waals surface area contributed by atoms with E-state index in [0.29, 0.717) is 60.6 Å². The molecule has 5 aromatic carbocycles. The lowest BCUT2D eigenvalue weighted by atomic mass is 9.79. The van der Waals surface area contributed by atoms with E-state index in [1.807, 2.05) is 35.6 Å². The number of carbonyl (C=O) groups excluding carboxylic acids is 3. The number of fused-ring (bicyclic) bond motifs is 18. The Morgan fingerprint density at radius 2 is 1.17 bits per heavy atom. The second kappa shape index (κ2) is 37.6. The fourth-order valence-electron chi connectivity index (χ4n) is 17.8. The number of aryl methyl sites for hydroxylation is 4. The summed E-state index contributed by atoms with van der Waals surface area (Å²) < 4.78 is 241. The van der Waals surface area contributed by atoms with Gasteiger partial charge < -0.3 is 15.2 Å². The highest BCUT2D eigenvalue weighted by Crippen LogP contribution is 2.49. The van der Waals surface area contributed by atoms with Gasteiger partial charge in [-0.05, 0) is 209 Å². The highest BCUT2D eigenvalue weighted by Gasteiger charge is 2.42. The minimum atomic E-state index is -4.95. The Labute approximate surface area is 791 Å². The standard InChI is InChI=1S/C26H24N6O2.C19H16F3N5.C19H23N5O.C18H13F4N5.C15H8F3N5O2/c1-3-5-8-16-11-23(27-12-19(16)20-13-28-30-22(20)4-2)21-14-29-31-24(21)15-32-25(33)17-9-6-7-10-18(17)26(32)34;1-9-15-14(26-25-9)7-6-13-16(15)10-4-2-3-5-11(10)17(24-13)12-8-23-27-18(12)19(20,21)22;1-2-20-21-10-9-14-12-5-3-4-6-13(12)18-15(22-14)7-8-16-19(18)17(11-25)24-23-16;19-12-5-13-10(6-23-26-13)14-8-3-1-2-4-9(8)15(25-16(12)14)11-7-24-27-17(11)18(20,21)22;16-15(17,18)14-8(5-20-23-14)11-3-12(25-6-24)13-7-4-19-22-9(7)1-2-10(13)21-11/h4,6-7,9-14H,2-3,5,8,15H2,1H3,(H,28,30)(H,29,31);6-8H,2-5H2,1H3,(H,23,27)(H,25,26);2,7-10,14,21-22,25H,3-6,11H2,1H3,(H,23,24);5-7H,1-4H2,(H,23,26)(H,24,27);1-6H,(H,19,22)(H,20,23)/b;;10-9+,20-2+;;/i;2D2,3D2,5D2;;1D2,2D2,4D2;. The van der Waals surface area contributed by atoms with Crippen LogP contribution < -0.4 is 15.5 Å². The van der Waals surface area contributed by atoms with E-state index in [-0.39, 0.29) is 87.4 Å². The lowest BCUT2D eigenvalue weighted by Gasteiger charge is -2.34. The minimum absolute atomic E-state index is 0.0201. The second-order valence-corrected chi connectivity index (χ2v) is 32.1. The van der Waals surface area contributed by atoms with E-state index < -0.39 is 132 Å². The number of nitrogens with zero attached hydrogens (tertiary/aromatic N) is 15. The van der Waals surface area contributed by atoms with Crippen LogP contribution in [0.4, 0.5) is 49.6 Å². The number of carbonyl (C=O) groups is 3. The van der Waals surface area contributed by atoms with Gasteiger partial charge in [-0.1, -0.05) is 32.1 Å². The third-order valence-corrected chi connectivity index (χ3v) is 24.0. The SMILES string of the molecule is C/C=N/N/C=C/C1Nc2ccc3n[nH]c(CO)c3c2C2=C1CCCC2.C=Cc1[nH]ncc1-c1cnc(-c2cn[nH]c2CN2C(=O)c3ccccc3C2=O)cc1CCCC.O=COc1cc(-c2cn[nH]c2C(F)(F)F)nc2ccc3[nH]ncc3c12.[2H]C1([2H])Cc2c(c(-c3cn[nH]c3C(F)(F)F)nc3c(F)cc4[nH]ncc4c23)C([2H])([2H])C1([2H])[2H].[2H]C1([2H])Cc2c(c(-c3cn[nH]c3C(F)(F)F)nc3ccc4n[nH]c(C)c4c23)C([2H])([2H])C1([2H])[2H]. The molecule has 0 spiro atoms. The highest BCUT2D eigenvalue weighted by atomic mass is 19.4. The number of pyridine rings is 4. The number of imide groups is 1. The molecule has 702 valence electrons. The number of benzene rings is 5. The van der Waals surface area contributed by atoms with Crippen molar-refractivity contribution in [1.82, 2.24) is 122 Å². The second-order valence-electron chi connectivity index (χ2n) is 32.1. The van der Waals surface area contributed by atoms with Crippen LogP contribution in [0.15, 0.2) is 158 Å². The maximum atomic E-state index is 15.0. The number of H-pyrrole nitrogens is 9. The molecule has 23 rings (SSSR count). The van der Waals surface area contributed by atoms with Crippen molar-refractivity contribution in [2.24, 2.45) is 5.10 Å². The number of ether oxygens (including phenoxy) is 1. The molecule has 138 heavy (non-hydrogen) atoms. The van der Waals surface area contributed by atoms with Crippen LogP contribution in [-0.4, -0.2) is 152 Å². The summed E-state index contributed by atoms with van der Waals surface area (Å²) in [6, 6.07) is 21.9. The number of allylic oxidation sites excluding steroid dienone is 1. The van der Waals surface area contributed by atoms with Crippen LogP contribution >= 0.6 is 0 Å². The Bertz CT molecular complexity index is 8440. The number of aromatic nitrogens is 22. The van der Waals surface area contributed by atoms with Crippen molar-refractivity contribution in [1.29, 1.82) is 0 Å². The first-order valence-electron chi connectivity index (χ1n) is 48.9. The molecule has 0 bridgehead atoms. The van der Waals surface area contributed by atoms with E-state index in [0.717, 1.165) is 113 Å². The number of hydrazone groups is 1. The number of halogens is 10. The smallest absolute Gasteiger partial charge is 0.428 e. The number of aliphatic hydroxyl groups excluding tert-OH is 1. The first-order valence-corrected chi connectivity index (χ1v) is 42.9. The normalized spacial score (nSPS) is 18.3. The quantitative estimate of drug-likeness (QED) is 0.0132. The number of aliphatic hydroxyl groups is 1. The van der Waals surface area contributed by atoms with Gasteiger partial charge in [-0.3, -0.25) is 75.6 Å². The molecule has 0 radical (unpaired) electrons. The Kier molecular flexibility index (Phi) is 21.0. The molecule has 12 N–H and O–H groups in total. The zero-order chi connectivity index (χ0) is 107. The summed E-state index contributed by atoms with van der Waals surface area (Å²) in [7, 11) is 0. The summed E-state index contributed by atoms with van der Waals surface area (Å²) >= 11 is 0. The van der Waals surface area contributed by atoms with E-state index >= 15 is 4.39 Å². The monoisotopic (exact) mass is 1890 g/mol. The minimum Gasteiger partial charge on any atom is -0.428 e. The van der Waals surface area contributed by atoms with Gasteiger partial charge in [-0.2, -0.15) is 90.5 Å². The number of anilines is 1. The van der Waals surface area contributed by atoms with Crippen LogP contribution in [0.25, 0.3) is 144 Å². The average molecular weight is 1900 g/mol. The van der Waals surface area contributed by atoms with Gasteiger partial charge in [0.25, 0.3) is 18.3 Å². The van der Waals surface area contributed by atoms with Gasteiger partial charge >= 0.3 is 18.5 Å². The van der Waals surface area contributed by atoms with Gasteiger partial charge in [0.1, 0.15) is 28.3 Å². The fourth-order valence-corrected chi connectivity index (χ4v) is 17.8. The molecular weight excluding hydrogens is 1800 g/mol. The zero-order valence-electron chi connectivity index (χ0n) is 84.6. The molecular formula is C97H84F10N26O5. The van der Waals surface area contributed by atoms with Crippen LogP contribution in [0.5, 0.6) is 5.75 Å². The van der Waals surface area contributed by atoms with Crippen molar-refractivity contribution in [3.63, 3.8) is 0 Å². The van der Waals surface area contributed by atoms with Crippen molar-refractivity contribution in [2.75, 3.05) is 5.32 Å². The van der Waals surface area contributed by atoms with Crippen molar-refractivity contribution in [2.45, 2.75) is 155 Å². The molecule has 3 aliphatic carbocycles. The lowest BCUT2D eigenvalue weighted by Crippen LogP contribution is -2.29. The van der Waals surface area contributed by atoms with Gasteiger partial charge in [0.05, 0.1) is 169 Å². The Morgan fingerprint density at radius 1 is 0.580 bits per heavy atom. The predicted octanol–water partition coefficient (Wildman–Crippen LogP) is 20.2. The van der Waals surface area contributed by atoms with Gasteiger partial charge in [-0.15, -0.1) is 0 Å². The summed E-state index contributed by atoms with van der Waals surface area (Å²) in [5, 5.41) is 78.1. The van der Waals surface area contributed by atoms with Crippen molar-refractivity contribution in [3.05, 3.63) is 243 Å². The van der Waals surface area contributed by atoms with E-state index in [2.05, 4.69) is 139 Å². The summed E-state index contributed by atoms with van der Waals surface area (Å²) in [5.41, 5.74) is 11.5. The van der Waals surface area contributed by atoms with Crippen molar-refractivity contribution < 1.29 is 84.6 Å². The largest absolute Gasteiger partial charge is 0.433 e. The van der Waals surface area contributed by atoms with Crippen LogP contribution in [-0.2, 0) is 68.5 Å². The molecule has 41 heteroatoms. The Hall–Kier alpha value is -16.2. The zero-order valence-corrected chi connectivity index (χ0v) is 72.6. The van der Waals surface area contributed by atoms with Crippen molar-refractivity contribution in [3.8, 4) is 61.9 Å². The highest BCUT2D eigenvalue weighted by molar-refractivity contribution is 6.21. The van der Waals surface area contributed by atoms with E-state index in [4.69, 9.17) is 26.2 Å². The number of hydrogen-bond acceptors (Lipinski definition) is 21. The number of unbranched alkanes of at least 4 members (excludes halogenated alkanes) is 1. The number of hydrogen-bond donors (Lipinski definition) is 12. The Balaban J connectivity index is 0.000000118. The molecule has 2 amide bonds. The molecule has 2 aliphatic heterocycles. The van der Waals surface area contributed by atoms with Gasteiger partial charge in [0, 0.05) is 113 Å². The van der Waals surface area contributed by atoms with Crippen LogP contribution in [0.1, 0.15) is 188 Å². The van der Waals surface area contributed by atoms with E-state index in [1.54, 1.807) is 79.2 Å². The average Bonchev–Trinajstić information content (AvgIpc) is 1.06. The molecule has 18 aromatic rings. The molecule has 1 unspecified atom stereocenters. The number of amides is 2.